The van der Waals surface area contributed by atoms with Crippen LogP contribution in [-0.4, -0.2) is 5.78 Å². The number of hydrogen-bond acceptors (Lipinski definition) is 2. The summed E-state index contributed by atoms with van der Waals surface area (Å²) in [6.45, 7) is 3.57. The molecule has 0 aliphatic carbocycles. The molecule has 1 aromatic carbocycles. The highest BCUT2D eigenvalue weighted by Crippen LogP contribution is 2.18. The third-order valence-corrected chi connectivity index (χ3v) is 2.89. The zero-order chi connectivity index (χ0) is 13.1. The van der Waals surface area contributed by atoms with Crippen LogP contribution >= 0.6 is 0 Å². The molecule has 18 heavy (non-hydrogen) atoms. The highest BCUT2D eigenvalue weighted by molar-refractivity contribution is 5.97. The van der Waals surface area contributed by atoms with E-state index in [9.17, 15) is 9.18 Å². The van der Waals surface area contributed by atoms with Gasteiger partial charge in [0.1, 0.15) is 11.6 Å². The maximum Gasteiger partial charge on any atom is 0.166 e. The summed E-state index contributed by atoms with van der Waals surface area (Å²) in [5.74, 6) is 0.131. The minimum Gasteiger partial charge on any atom is -0.469 e. The van der Waals surface area contributed by atoms with Gasteiger partial charge in [-0.25, -0.2) is 4.39 Å². The minimum atomic E-state index is -0.433. The third kappa shape index (κ3) is 2.67. The fourth-order valence-corrected chi connectivity index (χ4v) is 2.09. The molecule has 1 aromatic heterocycles. The first-order chi connectivity index (χ1) is 8.58. The number of carbonyl (C=O) groups is 1. The van der Waals surface area contributed by atoms with Gasteiger partial charge >= 0.3 is 0 Å². The molecule has 94 valence electrons. The zero-order valence-electron chi connectivity index (χ0n) is 10.5. The van der Waals surface area contributed by atoms with Gasteiger partial charge in [0.25, 0.3) is 0 Å². The van der Waals surface area contributed by atoms with E-state index in [4.69, 9.17) is 4.42 Å². The monoisotopic (exact) mass is 246 g/mol. The van der Waals surface area contributed by atoms with Crippen molar-refractivity contribution in [2.24, 2.45) is 0 Å². The van der Waals surface area contributed by atoms with E-state index in [-0.39, 0.29) is 17.8 Å². The standard InChI is InChI=1S/C15H15FO2/c1-10-8-11(2)15(13(16)9-10)14(17)6-5-12-4-3-7-18-12/h3-4,7-9H,5-6H2,1-2H3. The number of carbonyl (C=O) groups excluding carboxylic acids is 1. The minimum absolute atomic E-state index is 0.179. The highest BCUT2D eigenvalue weighted by Gasteiger charge is 2.15. The van der Waals surface area contributed by atoms with Gasteiger partial charge in [0.05, 0.1) is 11.8 Å². The van der Waals surface area contributed by atoms with E-state index in [2.05, 4.69) is 0 Å². The number of furan rings is 1. The average molecular weight is 246 g/mol. The first kappa shape index (κ1) is 12.6. The van der Waals surface area contributed by atoms with E-state index in [1.165, 1.54) is 6.07 Å². The van der Waals surface area contributed by atoms with Crippen molar-refractivity contribution >= 4 is 5.78 Å². The molecule has 0 unspecified atom stereocenters. The van der Waals surface area contributed by atoms with E-state index in [0.717, 1.165) is 11.3 Å². The Bertz CT molecular complexity index is 533. The first-order valence-electron chi connectivity index (χ1n) is 5.90. The van der Waals surface area contributed by atoms with Crippen LogP contribution in [0.2, 0.25) is 0 Å². The second-order valence-corrected chi connectivity index (χ2v) is 4.44. The van der Waals surface area contributed by atoms with Crippen LogP contribution in [0, 0.1) is 19.7 Å². The van der Waals surface area contributed by atoms with Crippen LogP contribution in [0.1, 0.15) is 33.7 Å². The Labute approximate surface area is 105 Å². The Balaban J connectivity index is 2.14. The summed E-state index contributed by atoms with van der Waals surface area (Å²) in [5, 5.41) is 0. The lowest BCUT2D eigenvalue weighted by Gasteiger charge is -2.07. The molecule has 1 heterocycles. The summed E-state index contributed by atoms with van der Waals surface area (Å²) < 4.78 is 18.9. The van der Waals surface area contributed by atoms with Gasteiger partial charge in [-0.05, 0) is 43.2 Å². The van der Waals surface area contributed by atoms with Crippen molar-refractivity contribution < 1.29 is 13.6 Å². The van der Waals surface area contributed by atoms with Crippen molar-refractivity contribution in [3.63, 3.8) is 0 Å². The predicted molar refractivity (Wildman–Crippen MR) is 67.2 cm³/mol. The lowest BCUT2D eigenvalue weighted by atomic mass is 9.98. The number of benzene rings is 1. The number of aryl methyl sites for hydroxylation is 3. The lowest BCUT2D eigenvalue weighted by molar-refractivity contribution is 0.0976. The number of ketones is 1. The molecule has 0 N–H and O–H groups in total. The molecule has 0 atom stereocenters. The van der Waals surface area contributed by atoms with Gasteiger partial charge in [0.15, 0.2) is 5.78 Å². The van der Waals surface area contributed by atoms with Crippen LogP contribution in [0.25, 0.3) is 0 Å². The summed E-state index contributed by atoms with van der Waals surface area (Å²) in [5.41, 5.74) is 1.72. The van der Waals surface area contributed by atoms with Crippen LogP contribution in [0.15, 0.2) is 34.9 Å². The van der Waals surface area contributed by atoms with Gasteiger partial charge in [0.2, 0.25) is 0 Å². The van der Waals surface area contributed by atoms with Crippen LogP contribution < -0.4 is 0 Å². The van der Waals surface area contributed by atoms with Crippen molar-refractivity contribution in [2.45, 2.75) is 26.7 Å². The molecule has 0 fully saturated rings. The number of halogens is 1. The van der Waals surface area contributed by atoms with Crippen molar-refractivity contribution in [3.05, 3.63) is 58.8 Å². The zero-order valence-corrected chi connectivity index (χ0v) is 10.5. The van der Waals surface area contributed by atoms with Crippen molar-refractivity contribution in [3.8, 4) is 0 Å². The van der Waals surface area contributed by atoms with Gasteiger partial charge in [-0.3, -0.25) is 4.79 Å². The topological polar surface area (TPSA) is 30.2 Å². The number of rotatable bonds is 4. The smallest absolute Gasteiger partial charge is 0.166 e. The Morgan fingerprint density at radius 3 is 2.72 bits per heavy atom. The van der Waals surface area contributed by atoms with Crippen molar-refractivity contribution in [1.29, 1.82) is 0 Å². The van der Waals surface area contributed by atoms with E-state index < -0.39 is 5.82 Å². The van der Waals surface area contributed by atoms with E-state index in [1.807, 2.05) is 19.1 Å². The molecule has 0 aliphatic heterocycles. The summed E-state index contributed by atoms with van der Waals surface area (Å²) >= 11 is 0. The first-order valence-corrected chi connectivity index (χ1v) is 5.90. The molecule has 2 aromatic rings. The molecule has 2 nitrogen and oxygen atoms in total. The van der Waals surface area contributed by atoms with Crippen molar-refractivity contribution in [1.82, 2.24) is 0 Å². The highest BCUT2D eigenvalue weighted by atomic mass is 19.1. The summed E-state index contributed by atoms with van der Waals surface area (Å²) in [6.07, 6.45) is 2.32. The summed E-state index contributed by atoms with van der Waals surface area (Å²) in [7, 11) is 0. The van der Waals surface area contributed by atoms with Gasteiger partial charge in [0, 0.05) is 12.8 Å². The Hall–Kier alpha value is -1.90. The molecular weight excluding hydrogens is 231 g/mol. The van der Waals surface area contributed by atoms with E-state index in [0.29, 0.717) is 12.0 Å². The number of hydrogen-bond donors (Lipinski definition) is 0. The molecule has 2 rings (SSSR count). The maximum atomic E-state index is 13.8. The fourth-order valence-electron chi connectivity index (χ4n) is 2.09. The molecule has 0 amide bonds. The molecule has 0 aliphatic rings. The normalized spacial score (nSPS) is 10.6. The van der Waals surface area contributed by atoms with Crippen LogP contribution in [0.3, 0.4) is 0 Å². The lowest BCUT2D eigenvalue weighted by Crippen LogP contribution is -2.07. The summed E-state index contributed by atoms with van der Waals surface area (Å²) in [6, 6.07) is 6.81. The summed E-state index contributed by atoms with van der Waals surface area (Å²) in [4.78, 5) is 12.0. The Kier molecular flexibility index (Phi) is 3.60. The molecule has 0 spiro atoms. The quantitative estimate of drug-likeness (QED) is 0.767. The molecule has 0 saturated heterocycles. The van der Waals surface area contributed by atoms with Crippen LogP contribution in [0.4, 0.5) is 4.39 Å². The van der Waals surface area contributed by atoms with E-state index >= 15 is 0 Å². The molecule has 0 radical (unpaired) electrons. The van der Waals surface area contributed by atoms with Gasteiger partial charge in [-0.15, -0.1) is 0 Å². The largest absolute Gasteiger partial charge is 0.469 e. The predicted octanol–water partition coefficient (Wildman–Crippen LogP) is 3.85. The molecular formula is C15H15FO2. The molecule has 3 heteroatoms. The Morgan fingerprint density at radius 1 is 1.33 bits per heavy atom. The van der Waals surface area contributed by atoms with Crippen LogP contribution in [-0.2, 0) is 6.42 Å². The van der Waals surface area contributed by atoms with Crippen LogP contribution in [0.5, 0.6) is 0 Å². The SMILES string of the molecule is Cc1cc(C)c(C(=O)CCc2ccco2)c(F)c1. The Morgan fingerprint density at radius 2 is 2.11 bits per heavy atom. The number of Topliss-reactive ketones (excluding diaryl/α,β-unsaturated/α-hetero) is 1. The molecule has 0 saturated carbocycles. The van der Waals surface area contributed by atoms with Gasteiger partial charge in [-0.2, -0.15) is 0 Å². The third-order valence-electron chi connectivity index (χ3n) is 2.89. The second-order valence-electron chi connectivity index (χ2n) is 4.44. The van der Waals surface area contributed by atoms with Gasteiger partial charge in [-0.1, -0.05) is 6.07 Å². The van der Waals surface area contributed by atoms with Gasteiger partial charge < -0.3 is 4.42 Å². The van der Waals surface area contributed by atoms with E-state index in [1.54, 1.807) is 19.3 Å². The fraction of sp³-hybridized carbons (Fsp3) is 0.267. The molecule has 0 bridgehead atoms. The average Bonchev–Trinajstić information content (AvgIpc) is 2.77. The second kappa shape index (κ2) is 5.17. The maximum absolute atomic E-state index is 13.8. The van der Waals surface area contributed by atoms with Crippen molar-refractivity contribution in [2.75, 3.05) is 0 Å².